The van der Waals surface area contributed by atoms with Gasteiger partial charge in [0.15, 0.2) is 0 Å². The SMILES string of the molecule is Cc1ccn(CCCn2cnc(-c3ccccc3)c2-c2ccncc2)n1. The molecule has 0 fully saturated rings. The van der Waals surface area contributed by atoms with Crippen molar-refractivity contribution in [3.05, 3.63) is 79.1 Å². The maximum absolute atomic E-state index is 4.71. The minimum Gasteiger partial charge on any atom is -0.330 e. The second-order valence-corrected chi connectivity index (χ2v) is 6.31. The van der Waals surface area contributed by atoms with Crippen LogP contribution in [0.15, 0.2) is 73.4 Å². The molecule has 0 radical (unpaired) electrons. The lowest BCUT2D eigenvalue weighted by atomic mass is 10.1. The fourth-order valence-electron chi connectivity index (χ4n) is 3.16. The predicted octanol–water partition coefficient (Wildman–Crippen LogP) is 4.21. The summed E-state index contributed by atoms with van der Waals surface area (Å²) in [6, 6.07) is 16.4. The number of nitrogens with zero attached hydrogens (tertiary/aromatic N) is 5. The second kappa shape index (κ2) is 7.35. The van der Waals surface area contributed by atoms with Crippen LogP contribution in [0, 0.1) is 6.92 Å². The molecule has 3 heterocycles. The zero-order valence-corrected chi connectivity index (χ0v) is 14.8. The third kappa shape index (κ3) is 3.42. The summed E-state index contributed by atoms with van der Waals surface area (Å²) in [5, 5.41) is 4.46. The van der Waals surface area contributed by atoms with Crippen molar-refractivity contribution in [3.63, 3.8) is 0 Å². The predicted molar refractivity (Wildman–Crippen MR) is 102 cm³/mol. The minimum absolute atomic E-state index is 0.885. The van der Waals surface area contributed by atoms with E-state index in [4.69, 9.17) is 4.98 Å². The van der Waals surface area contributed by atoms with Gasteiger partial charge in [0.05, 0.1) is 23.4 Å². The highest BCUT2D eigenvalue weighted by atomic mass is 15.3. The summed E-state index contributed by atoms with van der Waals surface area (Å²) in [5.41, 5.74) is 5.45. The van der Waals surface area contributed by atoms with Gasteiger partial charge in [-0.1, -0.05) is 30.3 Å². The van der Waals surface area contributed by atoms with E-state index < -0.39 is 0 Å². The van der Waals surface area contributed by atoms with Crippen molar-refractivity contribution in [2.45, 2.75) is 26.4 Å². The first-order valence-electron chi connectivity index (χ1n) is 8.82. The van der Waals surface area contributed by atoms with Crippen LogP contribution >= 0.6 is 0 Å². The maximum Gasteiger partial charge on any atom is 0.0963 e. The van der Waals surface area contributed by atoms with Crippen LogP contribution in [0.5, 0.6) is 0 Å². The molecule has 5 nitrogen and oxygen atoms in total. The van der Waals surface area contributed by atoms with Gasteiger partial charge in [0, 0.05) is 42.8 Å². The molecule has 1 aromatic carbocycles. The van der Waals surface area contributed by atoms with E-state index in [1.165, 1.54) is 0 Å². The topological polar surface area (TPSA) is 48.5 Å². The number of imidazole rings is 1. The Labute approximate surface area is 153 Å². The molecule has 0 aliphatic carbocycles. The van der Waals surface area contributed by atoms with Gasteiger partial charge in [-0.05, 0) is 31.5 Å². The highest BCUT2D eigenvalue weighted by molar-refractivity contribution is 5.78. The minimum atomic E-state index is 0.885. The van der Waals surface area contributed by atoms with E-state index in [1.54, 1.807) is 0 Å². The molecule has 26 heavy (non-hydrogen) atoms. The molecule has 0 aliphatic heterocycles. The van der Waals surface area contributed by atoms with Crippen LogP contribution in [0.3, 0.4) is 0 Å². The quantitative estimate of drug-likeness (QED) is 0.527. The Morgan fingerprint density at radius 3 is 2.42 bits per heavy atom. The first kappa shape index (κ1) is 16.3. The number of aryl methyl sites for hydroxylation is 3. The molecule has 0 N–H and O–H groups in total. The van der Waals surface area contributed by atoms with Gasteiger partial charge in [-0.25, -0.2) is 4.98 Å². The summed E-state index contributed by atoms with van der Waals surface area (Å²) in [6.07, 6.45) is 8.61. The summed E-state index contributed by atoms with van der Waals surface area (Å²) in [7, 11) is 0. The number of pyridine rings is 1. The van der Waals surface area contributed by atoms with Crippen LogP contribution in [0.4, 0.5) is 0 Å². The molecule has 3 aromatic heterocycles. The van der Waals surface area contributed by atoms with Crippen LogP contribution < -0.4 is 0 Å². The second-order valence-electron chi connectivity index (χ2n) is 6.31. The van der Waals surface area contributed by atoms with Gasteiger partial charge in [0.1, 0.15) is 0 Å². The first-order chi connectivity index (χ1) is 12.8. The maximum atomic E-state index is 4.71. The molecule has 4 aromatic rings. The van der Waals surface area contributed by atoms with E-state index in [0.717, 1.165) is 47.7 Å². The molecule has 5 heteroatoms. The summed E-state index contributed by atoms with van der Waals surface area (Å²) in [6.45, 7) is 3.79. The Hall–Kier alpha value is -3.21. The van der Waals surface area contributed by atoms with E-state index in [1.807, 2.05) is 72.9 Å². The molecule has 0 saturated carbocycles. The molecule has 130 valence electrons. The van der Waals surface area contributed by atoms with Crippen molar-refractivity contribution in [2.75, 3.05) is 0 Å². The van der Waals surface area contributed by atoms with Gasteiger partial charge in [0.2, 0.25) is 0 Å². The summed E-state index contributed by atoms with van der Waals surface area (Å²) in [5.74, 6) is 0. The number of rotatable bonds is 6. The Balaban J connectivity index is 1.63. The fourth-order valence-corrected chi connectivity index (χ4v) is 3.16. The Bertz CT molecular complexity index is 970. The van der Waals surface area contributed by atoms with E-state index in [2.05, 4.69) is 26.8 Å². The van der Waals surface area contributed by atoms with E-state index >= 15 is 0 Å². The smallest absolute Gasteiger partial charge is 0.0963 e. The molecular formula is C21H21N5. The molecule has 0 saturated heterocycles. The lowest BCUT2D eigenvalue weighted by molar-refractivity contribution is 0.526. The van der Waals surface area contributed by atoms with Crippen molar-refractivity contribution in [1.29, 1.82) is 0 Å². The Morgan fingerprint density at radius 2 is 1.69 bits per heavy atom. The monoisotopic (exact) mass is 343 g/mol. The summed E-state index contributed by atoms with van der Waals surface area (Å²) < 4.78 is 4.23. The van der Waals surface area contributed by atoms with Gasteiger partial charge in [-0.15, -0.1) is 0 Å². The average Bonchev–Trinajstić information content (AvgIpc) is 3.29. The molecule has 0 atom stereocenters. The third-order valence-electron chi connectivity index (χ3n) is 4.40. The molecule has 0 unspecified atom stereocenters. The Morgan fingerprint density at radius 1 is 0.885 bits per heavy atom. The zero-order valence-electron chi connectivity index (χ0n) is 14.8. The first-order valence-corrected chi connectivity index (χ1v) is 8.82. The molecule has 0 aliphatic rings. The van der Waals surface area contributed by atoms with E-state index in [9.17, 15) is 0 Å². The van der Waals surface area contributed by atoms with E-state index in [-0.39, 0.29) is 0 Å². The number of aromatic nitrogens is 5. The van der Waals surface area contributed by atoms with Crippen molar-refractivity contribution in [3.8, 4) is 22.5 Å². The normalized spacial score (nSPS) is 11.0. The number of hydrogen-bond donors (Lipinski definition) is 0. The van der Waals surface area contributed by atoms with Gasteiger partial charge in [-0.2, -0.15) is 5.10 Å². The Kier molecular flexibility index (Phi) is 4.60. The highest BCUT2D eigenvalue weighted by Gasteiger charge is 2.14. The standard InChI is InChI=1S/C21H21N5/c1-17-10-15-26(24-17)14-5-13-25-16-23-20(18-6-3-2-4-7-18)21(25)19-8-11-22-12-9-19/h2-4,6-12,15-16H,5,13-14H2,1H3. The van der Waals surface area contributed by atoms with Crippen LogP contribution in [0.1, 0.15) is 12.1 Å². The number of benzene rings is 1. The zero-order chi connectivity index (χ0) is 17.8. The van der Waals surface area contributed by atoms with Crippen molar-refractivity contribution in [1.82, 2.24) is 24.3 Å². The third-order valence-corrected chi connectivity index (χ3v) is 4.40. The van der Waals surface area contributed by atoms with Crippen molar-refractivity contribution >= 4 is 0 Å². The molecule has 0 amide bonds. The average molecular weight is 343 g/mol. The number of hydrogen-bond acceptors (Lipinski definition) is 3. The van der Waals surface area contributed by atoms with Gasteiger partial charge >= 0.3 is 0 Å². The highest BCUT2D eigenvalue weighted by Crippen LogP contribution is 2.31. The van der Waals surface area contributed by atoms with Gasteiger partial charge in [0.25, 0.3) is 0 Å². The van der Waals surface area contributed by atoms with Crippen LogP contribution in [-0.2, 0) is 13.1 Å². The van der Waals surface area contributed by atoms with Crippen LogP contribution in [-0.4, -0.2) is 24.3 Å². The lowest BCUT2D eigenvalue weighted by Crippen LogP contribution is -2.05. The van der Waals surface area contributed by atoms with Crippen LogP contribution in [0.2, 0.25) is 0 Å². The van der Waals surface area contributed by atoms with E-state index in [0.29, 0.717) is 0 Å². The van der Waals surface area contributed by atoms with Gasteiger partial charge < -0.3 is 4.57 Å². The molecule has 0 spiro atoms. The van der Waals surface area contributed by atoms with Crippen molar-refractivity contribution < 1.29 is 0 Å². The van der Waals surface area contributed by atoms with Crippen molar-refractivity contribution in [2.24, 2.45) is 0 Å². The lowest BCUT2D eigenvalue weighted by Gasteiger charge is -2.11. The molecular weight excluding hydrogens is 322 g/mol. The largest absolute Gasteiger partial charge is 0.330 e. The fraction of sp³-hybridized carbons (Fsp3) is 0.190. The van der Waals surface area contributed by atoms with Gasteiger partial charge in [-0.3, -0.25) is 9.67 Å². The molecule has 0 bridgehead atoms. The summed E-state index contributed by atoms with van der Waals surface area (Å²) >= 11 is 0. The molecule has 4 rings (SSSR count). The summed E-state index contributed by atoms with van der Waals surface area (Å²) in [4.78, 5) is 8.86. The van der Waals surface area contributed by atoms with Crippen LogP contribution in [0.25, 0.3) is 22.5 Å².